The first-order chi connectivity index (χ1) is 42.1. The van der Waals surface area contributed by atoms with Gasteiger partial charge in [-0.1, -0.05) is 298 Å². The average Bonchev–Trinajstić information content (AvgIpc) is 3.70. The summed E-state index contributed by atoms with van der Waals surface area (Å²) in [6.07, 6.45) is 47.1. The molecule has 0 aromatic rings. The number of carbonyl (C=O) groups excluding carboxylic acids is 4. The fourth-order valence-corrected chi connectivity index (χ4v) is 11.8. The maximum absolute atomic E-state index is 13.0. The monoisotopic (exact) mass is 1280 g/mol. The van der Waals surface area contributed by atoms with E-state index in [0.29, 0.717) is 25.7 Å². The lowest BCUT2D eigenvalue weighted by atomic mass is 9.99. The maximum Gasteiger partial charge on any atom is 0.472 e. The first kappa shape index (κ1) is 85.1. The van der Waals surface area contributed by atoms with Crippen LogP contribution in [0.25, 0.3) is 0 Å². The molecule has 0 fully saturated rings. The highest BCUT2D eigenvalue weighted by molar-refractivity contribution is 7.47. The average molecular weight is 1280 g/mol. The van der Waals surface area contributed by atoms with Crippen LogP contribution in [0.5, 0.6) is 0 Å². The van der Waals surface area contributed by atoms with Gasteiger partial charge >= 0.3 is 39.5 Å². The fraction of sp³-hybridized carbons (Fsp3) is 0.941. The van der Waals surface area contributed by atoms with Crippen LogP contribution in [0.3, 0.4) is 0 Å². The van der Waals surface area contributed by atoms with Gasteiger partial charge in [-0.15, -0.1) is 0 Å². The predicted octanol–water partition coefficient (Wildman–Crippen LogP) is 19.4. The number of aliphatic hydroxyl groups excluding tert-OH is 1. The Kier molecular flexibility index (Phi) is 60.2. The van der Waals surface area contributed by atoms with Crippen molar-refractivity contribution in [3.05, 3.63) is 0 Å². The molecule has 0 saturated carbocycles. The summed E-state index contributed by atoms with van der Waals surface area (Å²) < 4.78 is 68.1. The van der Waals surface area contributed by atoms with Gasteiger partial charge in [0.05, 0.1) is 26.4 Å². The van der Waals surface area contributed by atoms with E-state index >= 15 is 0 Å². The number of phosphoric ester groups is 2. The van der Waals surface area contributed by atoms with Crippen molar-refractivity contribution in [3.63, 3.8) is 0 Å². The second-order valence-corrected chi connectivity index (χ2v) is 27.7. The Balaban J connectivity index is 5.19. The highest BCUT2D eigenvalue weighted by Crippen LogP contribution is 2.45. The third-order valence-corrected chi connectivity index (χ3v) is 18.0. The number of esters is 4. The number of unbranched alkanes of at least 4 members (excludes halogenated alkanes) is 39. The molecule has 0 bridgehead atoms. The molecule has 0 aliphatic carbocycles. The highest BCUT2D eigenvalue weighted by Gasteiger charge is 2.30. The zero-order chi connectivity index (χ0) is 64.2. The van der Waals surface area contributed by atoms with E-state index in [1.165, 1.54) is 167 Å². The summed E-state index contributed by atoms with van der Waals surface area (Å²) in [5.41, 5.74) is 0. The van der Waals surface area contributed by atoms with Gasteiger partial charge in [0, 0.05) is 25.7 Å². The van der Waals surface area contributed by atoms with E-state index in [4.69, 9.17) is 37.0 Å². The summed E-state index contributed by atoms with van der Waals surface area (Å²) in [5.74, 6) is -1.28. The lowest BCUT2D eigenvalue weighted by Gasteiger charge is -2.21. The maximum atomic E-state index is 13.0. The van der Waals surface area contributed by atoms with E-state index in [2.05, 4.69) is 34.6 Å². The van der Waals surface area contributed by atoms with Crippen LogP contribution in [0.1, 0.15) is 349 Å². The Labute approximate surface area is 530 Å². The largest absolute Gasteiger partial charge is 0.472 e. The second kappa shape index (κ2) is 61.6. The van der Waals surface area contributed by atoms with Crippen molar-refractivity contribution >= 4 is 39.5 Å². The molecule has 3 N–H and O–H groups in total. The number of hydrogen-bond donors (Lipinski definition) is 3. The van der Waals surface area contributed by atoms with Gasteiger partial charge in [0.1, 0.15) is 19.3 Å². The van der Waals surface area contributed by atoms with Crippen LogP contribution >= 0.6 is 15.6 Å². The molecule has 0 aromatic carbocycles. The van der Waals surface area contributed by atoms with E-state index in [1.54, 1.807) is 0 Å². The van der Waals surface area contributed by atoms with Gasteiger partial charge < -0.3 is 33.8 Å². The number of aliphatic hydroxyl groups is 1. The Bertz CT molecular complexity index is 1690. The Morgan fingerprint density at radius 1 is 0.322 bits per heavy atom. The number of phosphoric acid groups is 2. The third kappa shape index (κ3) is 61.3. The summed E-state index contributed by atoms with van der Waals surface area (Å²) in [7, 11) is -9.89. The van der Waals surface area contributed by atoms with E-state index in [9.17, 15) is 43.2 Å². The van der Waals surface area contributed by atoms with Crippen LogP contribution in [0.4, 0.5) is 0 Å². The minimum Gasteiger partial charge on any atom is -0.462 e. The molecule has 0 amide bonds. The normalized spacial score (nSPS) is 14.4. The van der Waals surface area contributed by atoms with Gasteiger partial charge in [-0.2, -0.15) is 0 Å². The van der Waals surface area contributed by atoms with Crippen LogP contribution in [-0.4, -0.2) is 96.7 Å². The number of hydrogen-bond acceptors (Lipinski definition) is 15. The fourth-order valence-electron chi connectivity index (χ4n) is 10.3. The number of carbonyl (C=O) groups is 4. The number of ether oxygens (including phenoxy) is 4. The topological polar surface area (TPSA) is 237 Å². The van der Waals surface area contributed by atoms with Crippen LogP contribution < -0.4 is 0 Å². The molecule has 17 nitrogen and oxygen atoms in total. The molecule has 19 heteroatoms. The molecule has 0 radical (unpaired) electrons. The van der Waals surface area contributed by atoms with E-state index in [0.717, 1.165) is 102 Å². The second-order valence-electron chi connectivity index (χ2n) is 24.8. The molecular weight excluding hydrogens is 1150 g/mol. The summed E-state index contributed by atoms with van der Waals surface area (Å²) in [4.78, 5) is 72.3. The lowest BCUT2D eigenvalue weighted by molar-refractivity contribution is -0.161. The van der Waals surface area contributed by atoms with Gasteiger partial charge in [-0.25, -0.2) is 9.13 Å². The molecule has 0 saturated heterocycles. The minimum atomic E-state index is -4.95. The molecule has 3 unspecified atom stereocenters. The zero-order valence-corrected chi connectivity index (χ0v) is 57.9. The molecular formula is C68H132O17P2. The summed E-state index contributed by atoms with van der Waals surface area (Å²) in [6.45, 7) is 7.24. The van der Waals surface area contributed by atoms with Crippen molar-refractivity contribution in [2.75, 3.05) is 39.6 Å². The van der Waals surface area contributed by atoms with Crippen molar-refractivity contribution in [3.8, 4) is 0 Å². The van der Waals surface area contributed by atoms with Crippen LogP contribution in [0.15, 0.2) is 0 Å². The summed E-state index contributed by atoms with van der Waals surface area (Å²) >= 11 is 0. The van der Waals surface area contributed by atoms with E-state index < -0.39 is 97.5 Å². The molecule has 516 valence electrons. The van der Waals surface area contributed by atoms with Crippen molar-refractivity contribution in [1.82, 2.24) is 0 Å². The summed E-state index contributed by atoms with van der Waals surface area (Å²) in [5, 5.41) is 10.6. The van der Waals surface area contributed by atoms with Crippen LogP contribution in [0.2, 0.25) is 0 Å². The van der Waals surface area contributed by atoms with E-state index in [1.807, 2.05) is 0 Å². The van der Waals surface area contributed by atoms with Gasteiger partial charge in [0.25, 0.3) is 0 Å². The SMILES string of the molecule is CCCCCCCCCCCCCCC(=O)OC[C@H](COP(=O)(O)OC[C@@H](O)COP(=O)(O)OC[C@@H](COC(=O)CCCCCCCCCC)OC(=O)CCCCCCCCCCC)OC(=O)CCCCCCCCCCCCCCCCC(C)CC. The molecule has 0 spiro atoms. The molecule has 87 heavy (non-hydrogen) atoms. The standard InChI is InChI=1S/C68H132O17P2/c1-6-10-13-16-19-22-23-29-33-37-42-47-52-66(71)79-58-64(85-68(73)54-49-44-39-34-30-27-25-24-26-28-32-35-40-45-50-61(5)9-4)60-83-87(76,77)81-56-62(69)55-80-86(74,75)82-59-63(57-78-65(70)51-46-41-36-21-18-15-12-8-3)84-67(72)53-48-43-38-31-20-17-14-11-7-2/h61-64,69H,6-60H2,1-5H3,(H,74,75)(H,76,77)/t61?,62-,63+,64+/m0/s1. The Morgan fingerprint density at radius 2 is 0.552 bits per heavy atom. The first-order valence-corrected chi connectivity index (χ1v) is 38.7. The van der Waals surface area contributed by atoms with Crippen molar-refractivity contribution in [2.24, 2.45) is 5.92 Å². The first-order valence-electron chi connectivity index (χ1n) is 35.7. The number of rotatable bonds is 68. The molecule has 0 aliphatic rings. The highest BCUT2D eigenvalue weighted by atomic mass is 31.2. The van der Waals surface area contributed by atoms with Crippen molar-refractivity contribution < 1.29 is 80.2 Å². The Morgan fingerprint density at radius 3 is 0.816 bits per heavy atom. The lowest BCUT2D eigenvalue weighted by Crippen LogP contribution is -2.30. The van der Waals surface area contributed by atoms with Gasteiger partial charge in [-0.05, 0) is 31.6 Å². The molecule has 0 heterocycles. The quantitative estimate of drug-likeness (QED) is 0.0222. The van der Waals surface area contributed by atoms with Crippen LogP contribution in [-0.2, 0) is 65.4 Å². The van der Waals surface area contributed by atoms with Crippen molar-refractivity contribution in [2.45, 2.75) is 368 Å². The van der Waals surface area contributed by atoms with Gasteiger partial charge in [-0.3, -0.25) is 37.3 Å². The van der Waals surface area contributed by atoms with E-state index in [-0.39, 0.29) is 25.7 Å². The van der Waals surface area contributed by atoms with Gasteiger partial charge in [0.15, 0.2) is 12.2 Å². The predicted molar refractivity (Wildman–Crippen MR) is 349 cm³/mol. The smallest absolute Gasteiger partial charge is 0.462 e. The molecule has 6 atom stereocenters. The molecule has 0 aromatic heterocycles. The van der Waals surface area contributed by atoms with Crippen molar-refractivity contribution in [1.29, 1.82) is 0 Å². The van der Waals surface area contributed by atoms with Gasteiger partial charge in [0.2, 0.25) is 0 Å². The zero-order valence-electron chi connectivity index (χ0n) is 56.2. The molecule has 0 rings (SSSR count). The minimum absolute atomic E-state index is 0.106. The summed E-state index contributed by atoms with van der Waals surface area (Å²) in [6, 6.07) is 0. The third-order valence-electron chi connectivity index (χ3n) is 16.1. The van der Waals surface area contributed by atoms with Crippen LogP contribution in [0, 0.1) is 5.92 Å². The Hall–Kier alpha value is -1.94. The molecule has 0 aliphatic heterocycles.